The molecule has 11 heavy (non-hydrogen) atoms. The first kappa shape index (κ1) is 11.0. The van der Waals surface area contributed by atoms with Gasteiger partial charge in [-0.25, -0.2) is 4.57 Å². The minimum atomic E-state index is -4.73. The molecule has 68 valence electrons. The summed E-state index contributed by atoms with van der Waals surface area (Å²) in [6.45, 7) is -0.624. The molecular weight excluding hydrogens is 177 g/mol. The zero-order valence-corrected chi connectivity index (χ0v) is 6.39. The second-order valence-electron chi connectivity index (χ2n) is 1.83. The van der Waals surface area contributed by atoms with Crippen LogP contribution in [0.1, 0.15) is 0 Å². The Kier molecular flexibility index (Phi) is 4.12. The third kappa shape index (κ3) is 5.28. The number of hydrogen-bond donors (Lipinski definition) is 5. The first-order valence-electron chi connectivity index (χ1n) is 2.65. The lowest BCUT2D eigenvalue weighted by atomic mass is 10.3. The van der Waals surface area contributed by atoms with E-state index in [1.54, 1.807) is 0 Å². The van der Waals surface area contributed by atoms with Crippen molar-refractivity contribution in [3.05, 3.63) is 0 Å². The van der Waals surface area contributed by atoms with Crippen molar-refractivity contribution in [2.45, 2.75) is 12.3 Å². The quantitative estimate of drug-likeness (QED) is 0.247. The van der Waals surface area contributed by atoms with Crippen LogP contribution in [0.25, 0.3) is 0 Å². The Morgan fingerprint density at radius 3 is 2.27 bits per heavy atom. The van der Waals surface area contributed by atoms with Gasteiger partial charge in [0.2, 0.25) is 0 Å². The van der Waals surface area contributed by atoms with E-state index in [9.17, 15) is 4.57 Å². The minimum Gasteiger partial charge on any atom is -0.395 e. The van der Waals surface area contributed by atoms with Crippen LogP contribution >= 0.6 is 7.82 Å². The number of hydrogen-bond acceptors (Lipinski definition) is 5. The van der Waals surface area contributed by atoms with Crippen LogP contribution in [0.5, 0.6) is 0 Å². The standard InChI is InChI=1S/C3H10NO6P/c4-2(1-5)3(6)10-11(7,8)9/h2-3,5-6H,1,4H2,(H2,7,8,9). The van der Waals surface area contributed by atoms with Crippen molar-refractivity contribution in [3.63, 3.8) is 0 Å². The van der Waals surface area contributed by atoms with E-state index in [-0.39, 0.29) is 0 Å². The molecule has 0 spiro atoms. The van der Waals surface area contributed by atoms with Gasteiger partial charge in [-0.2, -0.15) is 0 Å². The van der Waals surface area contributed by atoms with Crippen LogP contribution < -0.4 is 5.73 Å². The molecule has 0 aromatic heterocycles. The largest absolute Gasteiger partial charge is 0.471 e. The molecule has 2 unspecified atom stereocenters. The van der Waals surface area contributed by atoms with Crippen molar-refractivity contribution in [3.8, 4) is 0 Å². The van der Waals surface area contributed by atoms with Gasteiger partial charge in [-0.05, 0) is 0 Å². The monoisotopic (exact) mass is 187 g/mol. The molecule has 0 aromatic rings. The molecule has 0 amide bonds. The van der Waals surface area contributed by atoms with Gasteiger partial charge in [0, 0.05) is 0 Å². The molecule has 0 aromatic carbocycles. The fourth-order valence-corrected chi connectivity index (χ4v) is 0.747. The Labute approximate surface area is 62.6 Å². The molecular formula is C3H10NO6P. The maximum Gasteiger partial charge on any atom is 0.471 e. The Morgan fingerprint density at radius 2 is 2.00 bits per heavy atom. The first-order valence-corrected chi connectivity index (χ1v) is 4.18. The van der Waals surface area contributed by atoms with E-state index in [1.807, 2.05) is 0 Å². The van der Waals surface area contributed by atoms with Gasteiger partial charge in [0.25, 0.3) is 0 Å². The summed E-state index contributed by atoms with van der Waals surface area (Å²) in [5.74, 6) is 0. The predicted molar refractivity (Wildman–Crippen MR) is 34.2 cm³/mol. The Balaban J connectivity index is 3.87. The van der Waals surface area contributed by atoms with Gasteiger partial charge in [-0.3, -0.25) is 4.52 Å². The highest BCUT2D eigenvalue weighted by Gasteiger charge is 2.24. The molecule has 0 saturated heterocycles. The van der Waals surface area contributed by atoms with Crippen molar-refractivity contribution in [1.29, 1.82) is 0 Å². The van der Waals surface area contributed by atoms with E-state index in [4.69, 9.17) is 25.7 Å². The third-order valence-electron chi connectivity index (χ3n) is 0.822. The van der Waals surface area contributed by atoms with E-state index in [0.717, 1.165) is 0 Å². The lowest BCUT2D eigenvalue weighted by Crippen LogP contribution is -2.38. The molecule has 0 aliphatic carbocycles. The van der Waals surface area contributed by atoms with Crippen LogP contribution in [0.4, 0.5) is 0 Å². The van der Waals surface area contributed by atoms with E-state index in [2.05, 4.69) is 4.52 Å². The molecule has 0 saturated carbocycles. The highest BCUT2D eigenvalue weighted by atomic mass is 31.2. The number of rotatable bonds is 4. The highest BCUT2D eigenvalue weighted by molar-refractivity contribution is 7.46. The number of nitrogens with two attached hydrogens (primary N) is 1. The predicted octanol–water partition coefficient (Wildman–Crippen LogP) is -2.27. The molecule has 2 atom stereocenters. The van der Waals surface area contributed by atoms with E-state index in [1.165, 1.54) is 0 Å². The van der Waals surface area contributed by atoms with Gasteiger partial charge >= 0.3 is 7.82 Å². The Bertz CT molecular complexity index is 156. The summed E-state index contributed by atoms with van der Waals surface area (Å²) >= 11 is 0. The van der Waals surface area contributed by atoms with Crippen LogP contribution in [0.2, 0.25) is 0 Å². The summed E-state index contributed by atoms with van der Waals surface area (Å²) in [5.41, 5.74) is 4.96. The number of aliphatic hydroxyl groups excluding tert-OH is 2. The van der Waals surface area contributed by atoms with Gasteiger partial charge in [0.15, 0.2) is 6.29 Å². The van der Waals surface area contributed by atoms with Crippen molar-refractivity contribution in [2.75, 3.05) is 6.61 Å². The maximum absolute atomic E-state index is 10.0. The summed E-state index contributed by atoms with van der Waals surface area (Å²) in [6, 6.07) is -1.22. The second-order valence-corrected chi connectivity index (χ2v) is 3.02. The summed E-state index contributed by atoms with van der Waals surface area (Å²) in [5, 5.41) is 16.9. The Hall–Kier alpha value is -0.0100. The highest BCUT2D eigenvalue weighted by Crippen LogP contribution is 2.37. The zero-order valence-electron chi connectivity index (χ0n) is 5.49. The van der Waals surface area contributed by atoms with Crippen LogP contribution in [0.3, 0.4) is 0 Å². The SMILES string of the molecule is NC(CO)C(O)OP(=O)(O)O. The van der Waals surface area contributed by atoms with Crippen molar-refractivity contribution in [1.82, 2.24) is 0 Å². The van der Waals surface area contributed by atoms with Crippen molar-refractivity contribution >= 4 is 7.82 Å². The topological polar surface area (TPSA) is 133 Å². The molecule has 0 heterocycles. The van der Waals surface area contributed by atoms with Gasteiger partial charge in [0.1, 0.15) is 0 Å². The average Bonchev–Trinajstić information content (AvgIpc) is 1.82. The van der Waals surface area contributed by atoms with Crippen molar-refractivity contribution < 1.29 is 29.1 Å². The smallest absolute Gasteiger partial charge is 0.395 e. The molecule has 0 aliphatic rings. The maximum atomic E-state index is 10.0. The summed E-state index contributed by atoms with van der Waals surface area (Å²) in [4.78, 5) is 16.2. The summed E-state index contributed by atoms with van der Waals surface area (Å²) in [7, 11) is -4.73. The fraction of sp³-hybridized carbons (Fsp3) is 1.00. The van der Waals surface area contributed by atoms with Gasteiger partial charge in [-0.1, -0.05) is 0 Å². The number of phosphoric acid groups is 1. The van der Waals surface area contributed by atoms with Crippen LogP contribution in [-0.2, 0) is 9.09 Å². The molecule has 0 bridgehead atoms. The lowest BCUT2D eigenvalue weighted by molar-refractivity contribution is -0.0628. The average molecular weight is 187 g/mol. The van der Waals surface area contributed by atoms with Gasteiger partial charge < -0.3 is 25.7 Å². The molecule has 0 aliphatic heterocycles. The third-order valence-corrected chi connectivity index (χ3v) is 1.31. The summed E-state index contributed by atoms with van der Waals surface area (Å²) < 4.78 is 13.8. The minimum absolute atomic E-state index is 0.624. The van der Waals surface area contributed by atoms with Crippen molar-refractivity contribution in [2.24, 2.45) is 5.73 Å². The van der Waals surface area contributed by atoms with Gasteiger partial charge in [-0.15, -0.1) is 0 Å². The van der Waals surface area contributed by atoms with Crippen LogP contribution in [0, 0.1) is 0 Å². The van der Waals surface area contributed by atoms with Crippen LogP contribution in [-0.4, -0.2) is 38.9 Å². The van der Waals surface area contributed by atoms with Gasteiger partial charge in [0.05, 0.1) is 12.6 Å². The van der Waals surface area contributed by atoms with E-state index in [0.29, 0.717) is 0 Å². The fourth-order valence-electron chi connectivity index (χ4n) is 0.309. The zero-order chi connectivity index (χ0) is 9.07. The molecule has 6 N–H and O–H groups in total. The summed E-state index contributed by atoms with van der Waals surface area (Å²) in [6.07, 6.45) is -1.86. The number of phosphoric ester groups is 1. The second kappa shape index (κ2) is 4.13. The van der Waals surface area contributed by atoms with E-state index < -0.39 is 26.8 Å². The van der Waals surface area contributed by atoms with Crippen LogP contribution in [0.15, 0.2) is 0 Å². The first-order chi connectivity index (χ1) is 4.87. The Morgan fingerprint density at radius 1 is 1.55 bits per heavy atom. The number of aliphatic hydroxyl groups is 2. The molecule has 8 heteroatoms. The normalized spacial score (nSPS) is 17.9. The molecule has 0 fully saturated rings. The lowest BCUT2D eigenvalue weighted by Gasteiger charge is -2.16. The van der Waals surface area contributed by atoms with E-state index >= 15 is 0 Å². The molecule has 7 nitrogen and oxygen atoms in total. The molecule has 0 radical (unpaired) electrons. The molecule has 0 rings (SSSR count).